The molecule has 5 nitrogen and oxygen atoms in total. The Labute approximate surface area is 146 Å². The molecule has 118 valence electrons. The molecule has 0 N–H and O–H groups in total. The van der Waals surface area contributed by atoms with Gasteiger partial charge in [0.2, 0.25) is 0 Å². The van der Waals surface area contributed by atoms with Crippen LogP contribution in [0, 0.1) is 0 Å². The van der Waals surface area contributed by atoms with E-state index in [1.165, 1.54) is 22.1 Å². The van der Waals surface area contributed by atoms with Crippen LogP contribution in [-0.2, 0) is 0 Å². The number of nitrogens with zero attached hydrogens (tertiary/aromatic N) is 3. The highest BCUT2D eigenvalue weighted by atomic mass is 35.5. The summed E-state index contributed by atoms with van der Waals surface area (Å²) >= 11 is 13.5. The van der Waals surface area contributed by atoms with E-state index in [0.717, 1.165) is 4.88 Å². The van der Waals surface area contributed by atoms with Crippen LogP contribution in [0.15, 0.2) is 35.7 Å². The number of hydrogen-bond acceptors (Lipinski definition) is 5. The third kappa shape index (κ3) is 3.24. The number of carbonyl (C=O) groups excluding carboxylic acids is 1. The molecule has 0 bridgehead atoms. The van der Waals surface area contributed by atoms with Crippen molar-refractivity contribution < 1.29 is 9.53 Å². The molecule has 8 heteroatoms. The van der Waals surface area contributed by atoms with Gasteiger partial charge in [-0.25, -0.2) is 0 Å². The van der Waals surface area contributed by atoms with Crippen molar-refractivity contribution in [2.75, 3.05) is 6.61 Å². The van der Waals surface area contributed by atoms with Gasteiger partial charge in [0, 0.05) is 5.02 Å². The van der Waals surface area contributed by atoms with E-state index in [-0.39, 0.29) is 11.0 Å². The second kappa shape index (κ2) is 6.70. The third-order valence-corrected chi connectivity index (χ3v) is 4.37. The van der Waals surface area contributed by atoms with Gasteiger partial charge in [-0.2, -0.15) is 9.67 Å². The van der Waals surface area contributed by atoms with E-state index in [1.807, 2.05) is 24.4 Å². The lowest BCUT2D eigenvalue weighted by Crippen LogP contribution is -2.15. The Morgan fingerprint density at radius 2 is 2.17 bits per heavy atom. The van der Waals surface area contributed by atoms with E-state index in [4.69, 9.17) is 27.9 Å². The summed E-state index contributed by atoms with van der Waals surface area (Å²) in [5, 5.41) is 6.76. The highest BCUT2D eigenvalue weighted by molar-refractivity contribution is 7.13. The lowest BCUT2D eigenvalue weighted by atomic mass is 10.2. The molecular formula is C15H11Cl2N3O2S. The van der Waals surface area contributed by atoms with Crippen molar-refractivity contribution in [2.24, 2.45) is 0 Å². The van der Waals surface area contributed by atoms with Gasteiger partial charge in [0.15, 0.2) is 5.82 Å². The first kappa shape index (κ1) is 16.0. The first-order valence-corrected chi connectivity index (χ1v) is 8.37. The quantitative estimate of drug-likeness (QED) is 0.685. The van der Waals surface area contributed by atoms with Crippen LogP contribution in [0.2, 0.25) is 10.0 Å². The van der Waals surface area contributed by atoms with Crippen LogP contribution in [0.1, 0.15) is 17.3 Å². The molecule has 0 unspecified atom stereocenters. The zero-order valence-corrected chi connectivity index (χ0v) is 14.3. The summed E-state index contributed by atoms with van der Waals surface area (Å²) in [4.78, 5) is 17.9. The molecule has 3 rings (SSSR count). The Balaban J connectivity index is 2.09. The highest BCUT2D eigenvalue weighted by Crippen LogP contribution is 2.27. The third-order valence-electron chi connectivity index (χ3n) is 2.96. The molecule has 0 aliphatic rings. The predicted molar refractivity (Wildman–Crippen MR) is 90.7 cm³/mol. The molecule has 23 heavy (non-hydrogen) atoms. The van der Waals surface area contributed by atoms with Gasteiger partial charge >= 0.3 is 6.01 Å². The summed E-state index contributed by atoms with van der Waals surface area (Å²) < 4.78 is 6.52. The molecule has 2 heterocycles. The molecular weight excluding hydrogens is 357 g/mol. The largest absolute Gasteiger partial charge is 0.463 e. The lowest BCUT2D eigenvalue weighted by molar-refractivity contribution is 0.0945. The van der Waals surface area contributed by atoms with Crippen LogP contribution >= 0.6 is 34.5 Å². The van der Waals surface area contributed by atoms with Crippen molar-refractivity contribution in [3.05, 3.63) is 51.3 Å². The van der Waals surface area contributed by atoms with E-state index < -0.39 is 5.91 Å². The number of ether oxygens (including phenoxy) is 1. The molecule has 3 aromatic rings. The molecule has 0 fully saturated rings. The van der Waals surface area contributed by atoms with Crippen molar-refractivity contribution in [2.45, 2.75) is 6.92 Å². The minimum Gasteiger partial charge on any atom is -0.463 e. The molecule has 0 aliphatic heterocycles. The summed E-state index contributed by atoms with van der Waals surface area (Å²) in [6, 6.07) is 8.56. The van der Waals surface area contributed by atoms with E-state index >= 15 is 0 Å². The van der Waals surface area contributed by atoms with Crippen molar-refractivity contribution in [3.63, 3.8) is 0 Å². The van der Waals surface area contributed by atoms with Gasteiger partial charge in [-0.1, -0.05) is 29.3 Å². The number of halogens is 2. The average molecular weight is 368 g/mol. The number of aromatic nitrogens is 3. The Morgan fingerprint density at radius 3 is 2.83 bits per heavy atom. The van der Waals surface area contributed by atoms with Gasteiger partial charge in [-0.3, -0.25) is 4.79 Å². The topological polar surface area (TPSA) is 57.0 Å². The summed E-state index contributed by atoms with van der Waals surface area (Å²) in [6.07, 6.45) is 0. The van der Waals surface area contributed by atoms with Crippen LogP contribution < -0.4 is 4.74 Å². The van der Waals surface area contributed by atoms with Crippen molar-refractivity contribution >= 4 is 40.4 Å². The zero-order valence-electron chi connectivity index (χ0n) is 12.0. The second-order valence-electron chi connectivity index (χ2n) is 4.47. The predicted octanol–water partition coefficient (Wildman–Crippen LogP) is 4.40. The number of hydrogen-bond donors (Lipinski definition) is 0. The second-order valence-corrected chi connectivity index (χ2v) is 6.26. The van der Waals surface area contributed by atoms with Crippen molar-refractivity contribution in [1.82, 2.24) is 14.8 Å². The average Bonchev–Trinajstić information content (AvgIpc) is 3.15. The van der Waals surface area contributed by atoms with Gasteiger partial charge in [-0.15, -0.1) is 16.4 Å². The summed E-state index contributed by atoms with van der Waals surface area (Å²) in [6.45, 7) is 2.23. The van der Waals surface area contributed by atoms with Crippen LogP contribution in [0.5, 0.6) is 6.01 Å². The fourth-order valence-electron chi connectivity index (χ4n) is 1.97. The van der Waals surface area contributed by atoms with Crippen LogP contribution in [0.3, 0.4) is 0 Å². The fraction of sp³-hybridized carbons (Fsp3) is 0.133. The van der Waals surface area contributed by atoms with Crippen LogP contribution in [-0.4, -0.2) is 27.3 Å². The van der Waals surface area contributed by atoms with Crippen LogP contribution in [0.25, 0.3) is 10.7 Å². The summed E-state index contributed by atoms with van der Waals surface area (Å²) in [5.41, 5.74) is 0.293. The Hall–Kier alpha value is -1.89. The normalized spacial score (nSPS) is 10.7. The molecule has 0 saturated carbocycles. The van der Waals surface area contributed by atoms with E-state index in [9.17, 15) is 4.79 Å². The molecule has 0 saturated heterocycles. The molecule has 0 amide bonds. The molecule has 0 spiro atoms. The molecule has 0 atom stereocenters. The minimum atomic E-state index is -0.395. The minimum absolute atomic E-state index is 0.148. The van der Waals surface area contributed by atoms with Crippen LogP contribution in [0.4, 0.5) is 0 Å². The molecule has 0 aliphatic carbocycles. The first-order valence-electron chi connectivity index (χ1n) is 6.73. The van der Waals surface area contributed by atoms with E-state index in [1.54, 1.807) is 12.1 Å². The fourth-order valence-corrected chi connectivity index (χ4v) is 3.16. The Kier molecular flexibility index (Phi) is 4.66. The van der Waals surface area contributed by atoms with Crippen molar-refractivity contribution in [3.8, 4) is 16.7 Å². The summed E-state index contributed by atoms with van der Waals surface area (Å²) in [5.74, 6) is 0.0213. The number of rotatable bonds is 4. The first-order chi connectivity index (χ1) is 11.1. The molecule has 0 radical (unpaired) electrons. The Morgan fingerprint density at radius 1 is 1.35 bits per heavy atom. The summed E-state index contributed by atoms with van der Waals surface area (Å²) in [7, 11) is 0. The van der Waals surface area contributed by atoms with Gasteiger partial charge < -0.3 is 4.74 Å². The lowest BCUT2D eigenvalue weighted by Gasteiger charge is -2.05. The zero-order chi connectivity index (χ0) is 16.4. The maximum absolute atomic E-state index is 12.8. The number of thiophene rings is 1. The smallest absolute Gasteiger partial charge is 0.336 e. The Bertz CT molecular complexity index is 847. The monoisotopic (exact) mass is 367 g/mol. The van der Waals surface area contributed by atoms with Gasteiger partial charge in [0.25, 0.3) is 5.91 Å². The molecule has 1 aromatic carbocycles. The maximum atomic E-state index is 12.8. The van der Waals surface area contributed by atoms with Gasteiger partial charge in [0.05, 0.1) is 22.1 Å². The maximum Gasteiger partial charge on any atom is 0.336 e. The number of benzene rings is 1. The molecule has 2 aromatic heterocycles. The highest BCUT2D eigenvalue weighted by Gasteiger charge is 2.22. The SMILES string of the molecule is CCOc1nc(-c2cccs2)n(C(=O)c2ccc(Cl)cc2Cl)n1. The standard InChI is InChI=1S/C15H11Cl2N3O2S/c1-2-22-15-18-13(12-4-3-7-23-12)20(19-15)14(21)10-6-5-9(16)8-11(10)17/h3-8H,2H2,1H3. The number of carbonyl (C=O) groups is 1. The van der Waals surface area contributed by atoms with Crippen molar-refractivity contribution in [1.29, 1.82) is 0 Å². The van der Waals surface area contributed by atoms with E-state index in [0.29, 0.717) is 23.0 Å². The van der Waals surface area contributed by atoms with Gasteiger partial charge in [-0.05, 0) is 36.6 Å². The van der Waals surface area contributed by atoms with E-state index in [2.05, 4.69) is 10.1 Å². The van der Waals surface area contributed by atoms with Gasteiger partial charge in [0.1, 0.15) is 0 Å².